The molecule has 9 heteroatoms. The van der Waals surface area contributed by atoms with E-state index in [1.54, 1.807) is 12.1 Å². The lowest BCUT2D eigenvalue weighted by Crippen LogP contribution is -2.35. The van der Waals surface area contributed by atoms with Gasteiger partial charge in [0.15, 0.2) is 0 Å². The van der Waals surface area contributed by atoms with Gasteiger partial charge >= 0.3 is 0 Å². The van der Waals surface area contributed by atoms with Crippen LogP contribution in [0.15, 0.2) is 48.5 Å². The molecule has 3 rings (SSSR count). The van der Waals surface area contributed by atoms with Crippen molar-refractivity contribution in [3.63, 3.8) is 0 Å². The van der Waals surface area contributed by atoms with Crippen molar-refractivity contribution < 1.29 is 26.3 Å². The van der Waals surface area contributed by atoms with E-state index in [-0.39, 0.29) is 24.1 Å². The maximum atomic E-state index is 12.2. The number of rotatable bonds is 7. The van der Waals surface area contributed by atoms with Gasteiger partial charge in [0.1, 0.15) is 24.1 Å². The molecule has 2 aromatic carbocycles. The third-order valence-electron chi connectivity index (χ3n) is 3.72. The van der Waals surface area contributed by atoms with Crippen LogP contribution in [0.2, 0.25) is 0 Å². The van der Waals surface area contributed by atoms with Crippen LogP contribution in [0.4, 0.5) is 5.69 Å². The molecule has 0 bridgehead atoms. The van der Waals surface area contributed by atoms with Gasteiger partial charge in [-0.3, -0.25) is 0 Å². The summed E-state index contributed by atoms with van der Waals surface area (Å²) >= 11 is 0. The van der Waals surface area contributed by atoms with E-state index in [4.69, 9.17) is 9.47 Å². The van der Waals surface area contributed by atoms with Crippen molar-refractivity contribution in [2.24, 2.45) is 0 Å². The lowest BCUT2D eigenvalue weighted by atomic mass is 10.1. The number of benzene rings is 2. The number of hydrogen-bond acceptors (Lipinski definition) is 6. The minimum Gasteiger partial charge on any atom is -0.487 e. The topological polar surface area (TPSA) is 93.3 Å². The molecule has 1 aliphatic rings. The lowest BCUT2D eigenvalue weighted by molar-refractivity contribution is 0.307. The summed E-state index contributed by atoms with van der Waals surface area (Å²) in [6, 6.07) is 14.1. The molecule has 26 heavy (non-hydrogen) atoms. The highest BCUT2D eigenvalue weighted by Gasteiger charge is 2.33. The number of hydrogen-bond donors (Lipinski definition) is 0. The van der Waals surface area contributed by atoms with Gasteiger partial charge in [-0.2, -0.15) is 3.71 Å². The van der Waals surface area contributed by atoms with Gasteiger partial charge in [0.25, 0.3) is 0 Å². The van der Waals surface area contributed by atoms with E-state index in [0.29, 0.717) is 15.9 Å². The molecule has 0 amide bonds. The SMILES string of the molecule is CS(=O)(=O)N(c1cc(C2CO2)ccc1OCc1ccccc1)S(C)(=O)=O. The van der Waals surface area contributed by atoms with Gasteiger partial charge in [0.05, 0.1) is 19.1 Å². The molecule has 0 spiro atoms. The largest absolute Gasteiger partial charge is 0.487 e. The second kappa shape index (κ2) is 6.90. The van der Waals surface area contributed by atoms with Crippen molar-refractivity contribution in [3.8, 4) is 5.75 Å². The van der Waals surface area contributed by atoms with Gasteiger partial charge in [-0.1, -0.05) is 36.4 Å². The predicted molar refractivity (Wildman–Crippen MR) is 98.1 cm³/mol. The van der Waals surface area contributed by atoms with Gasteiger partial charge in [-0.25, -0.2) is 16.8 Å². The Bertz CT molecular complexity index is 967. The summed E-state index contributed by atoms with van der Waals surface area (Å²) in [5.74, 6) is 0.161. The molecule has 1 aliphatic heterocycles. The average Bonchev–Trinajstić information content (AvgIpc) is 3.37. The molecular formula is C17H19NO6S2. The van der Waals surface area contributed by atoms with Crippen LogP contribution >= 0.6 is 0 Å². The molecule has 2 aromatic rings. The second-order valence-corrected chi connectivity index (χ2v) is 9.94. The smallest absolute Gasteiger partial charge is 0.245 e. The molecule has 0 N–H and O–H groups in total. The van der Waals surface area contributed by atoms with Gasteiger partial charge < -0.3 is 9.47 Å². The van der Waals surface area contributed by atoms with Gasteiger partial charge in [-0.05, 0) is 23.3 Å². The lowest BCUT2D eigenvalue weighted by Gasteiger charge is -2.23. The summed E-state index contributed by atoms with van der Waals surface area (Å²) < 4.78 is 60.0. The van der Waals surface area contributed by atoms with Crippen LogP contribution in [-0.4, -0.2) is 36.0 Å². The quantitative estimate of drug-likeness (QED) is 0.664. The monoisotopic (exact) mass is 397 g/mol. The second-order valence-electron chi connectivity index (χ2n) is 6.05. The zero-order valence-corrected chi connectivity index (χ0v) is 16.0. The third kappa shape index (κ3) is 4.35. The van der Waals surface area contributed by atoms with Crippen molar-refractivity contribution >= 4 is 25.7 Å². The molecule has 1 saturated heterocycles. The summed E-state index contributed by atoms with van der Waals surface area (Å²) in [4.78, 5) is 0. The number of nitrogens with zero attached hydrogens (tertiary/aromatic N) is 1. The molecule has 7 nitrogen and oxygen atoms in total. The highest BCUT2D eigenvalue weighted by molar-refractivity contribution is 8.09. The Morgan fingerprint density at radius 3 is 2.19 bits per heavy atom. The molecule has 0 radical (unpaired) electrons. The summed E-state index contributed by atoms with van der Waals surface area (Å²) in [6.07, 6.45) is 1.53. The summed E-state index contributed by atoms with van der Waals surface area (Å²) in [6.45, 7) is 0.690. The molecule has 140 valence electrons. The molecule has 1 heterocycles. The highest BCUT2D eigenvalue weighted by atomic mass is 32.3. The van der Waals surface area contributed by atoms with Crippen LogP contribution in [-0.2, 0) is 31.4 Å². The Morgan fingerprint density at radius 2 is 1.65 bits per heavy atom. The summed E-state index contributed by atoms with van der Waals surface area (Å²) in [5, 5.41) is 0. The maximum absolute atomic E-state index is 12.2. The highest BCUT2D eigenvalue weighted by Crippen LogP contribution is 2.38. The fourth-order valence-corrected chi connectivity index (χ4v) is 5.55. The minimum absolute atomic E-state index is 0.0427. The maximum Gasteiger partial charge on any atom is 0.245 e. The first kappa shape index (κ1) is 18.7. The van der Waals surface area contributed by atoms with Gasteiger partial charge in [0.2, 0.25) is 20.0 Å². The Morgan fingerprint density at radius 1 is 1.04 bits per heavy atom. The van der Waals surface area contributed by atoms with Crippen molar-refractivity contribution in [2.45, 2.75) is 12.7 Å². The molecule has 1 atom stereocenters. The molecule has 1 fully saturated rings. The van der Waals surface area contributed by atoms with Crippen LogP contribution in [0.1, 0.15) is 17.2 Å². The first-order valence-corrected chi connectivity index (χ1v) is 11.5. The fraction of sp³-hybridized carbons (Fsp3) is 0.294. The Labute approximate surface area is 153 Å². The molecule has 0 aromatic heterocycles. The van der Waals surface area contributed by atoms with E-state index in [1.807, 2.05) is 30.3 Å². The number of sulfonamides is 2. The minimum atomic E-state index is -4.08. The third-order valence-corrected chi connectivity index (χ3v) is 6.95. The first-order valence-electron chi connectivity index (χ1n) is 7.79. The number of epoxide rings is 1. The van der Waals surface area contributed by atoms with Gasteiger partial charge in [0, 0.05) is 0 Å². The standard InChI is InChI=1S/C17H19NO6S2/c1-25(19,20)18(26(2,21)22)15-10-14(17-12-24-17)8-9-16(15)23-11-13-6-4-3-5-7-13/h3-10,17H,11-12H2,1-2H3. The van der Waals surface area contributed by atoms with Crippen molar-refractivity contribution in [3.05, 3.63) is 59.7 Å². The number of anilines is 1. The number of ether oxygens (including phenoxy) is 2. The van der Waals surface area contributed by atoms with E-state index >= 15 is 0 Å². The van der Waals surface area contributed by atoms with Crippen LogP contribution in [0.25, 0.3) is 0 Å². The summed E-state index contributed by atoms with van der Waals surface area (Å²) in [7, 11) is -8.16. The molecule has 1 unspecified atom stereocenters. The van der Waals surface area contributed by atoms with Crippen molar-refractivity contribution in [2.75, 3.05) is 22.8 Å². The molecule has 0 aliphatic carbocycles. The Hall–Kier alpha value is -2.10. The van der Waals surface area contributed by atoms with Crippen molar-refractivity contribution in [1.29, 1.82) is 0 Å². The van der Waals surface area contributed by atoms with Crippen LogP contribution in [0.3, 0.4) is 0 Å². The average molecular weight is 397 g/mol. The molecular weight excluding hydrogens is 378 g/mol. The normalized spacial score (nSPS) is 16.9. The van der Waals surface area contributed by atoms with Crippen LogP contribution in [0, 0.1) is 0 Å². The van der Waals surface area contributed by atoms with E-state index < -0.39 is 20.0 Å². The molecule has 0 saturated carbocycles. The van der Waals surface area contributed by atoms with E-state index in [9.17, 15) is 16.8 Å². The zero-order chi connectivity index (χ0) is 18.9. The zero-order valence-electron chi connectivity index (χ0n) is 14.3. The Balaban J connectivity index is 2.03. The summed E-state index contributed by atoms with van der Waals surface area (Å²) in [5.41, 5.74) is 1.53. The van der Waals surface area contributed by atoms with Crippen LogP contribution < -0.4 is 8.45 Å². The van der Waals surface area contributed by atoms with Gasteiger partial charge in [-0.15, -0.1) is 0 Å². The van der Waals surface area contributed by atoms with E-state index in [2.05, 4.69) is 0 Å². The van der Waals surface area contributed by atoms with Crippen LogP contribution in [0.5, 0.6) is 5.75 Å². The predicted octanol–water partition coefficient (Wildman–Crippen LogP) is 2.06. The van der Waals surface area contributed by atoms with Crippen molar-refractivity contribution in [1.82, 2.24) is 0 Å². The first-order chi connectivity index (χ1) is 12.2. The Kier molecular flexibility index (Phi) is 4.96. The van der Waals surface area contributed by atoms with E-state index in [1.165, 1.54) is 6.07 Å². The van der Waals surface area contributed by atoms with E-state index in [0.717, 1.165) is 18.1 Å². The fourth-order valence-electron chi connectivity index (χ4n) is 2.58.